The second-order valence-electron chi connectivity index (χ2n) is 7.86. The maximum absolute atomic E-state index is 6.17. The minimum Gasteiger partial charge on any atom is -0.383 e. The predicted molar refractivity (Wildman–Crippen MR) is 104 cm³/mol. The number of nitrogens with two attached hydrogens (primary N) is 1. The molecule has 2 aromatic rings. The van der Waals surface area contributed by atoms with Crippen LogP contribution >= 0.6 is 0 Å². The molecule has 1 aromatic heterocycles. The molecule has 4 rings (SSSR count). The lowest BCUT2D eigenvalue weighted by molar-refractivity contribution is 0.159. The van der Waals surface area contributed by atoms with Crippen molar-refractivity contribution in [2.45, 2.75) is 32.6 Å². The van der Waals surface area contributed by atoms with Gasteiger partial charge in [0.25, 0.3) is 0 Å². The number of benzene rings is 1. The molecular weight excluding hydrogens is 310 g/mol. The highest BCUT2D eigenvalue weighted by molar-refractivity contribution is 5.88. The van der Waals surface area contributed by atoms with E-state index in [0.29, 0.717) is 11.7 Å². The fraction of sp³-hybridized carbons (Fsp3) is 0.600. The Morgan fingerprint density at radius 3 is 2.72 bits per heavy atom. The van der Waals surface area contributed by atoms with Crippen LogP contribution in [0.25, 0.3) is 10.9 Å². The van der Waals surface area contributed by atoms with E-state index in [0.717, 1.165) is 35.9 Å². The normalized spacial score (nSPS) is 23.2. The lowest BCUT2D eigenvalue weighted by Crippen LogP contribution is -2.43. The van der Waals surface area contributed by atoms with Crippen LogP contribution in [0.3, 0.4) is 0 Å². The highest BCUT2D eigenvalue weighted by Gasteiger charge is 2.25. The summed E-state index contributed by atoms with van der Waals surface area (Å²) in [5.41, 5.74) is 7.12. The molecule has 2 aliphatic rings. The lowest BCUT2D eigenvalue weighted by atomic mass is 9.94. The molecule has 3 heterocycles. The number of para-hydroxylation sites is 1. The van der Waals surface area contributed by atoms with E-state index >= 15 is 0 Å². The molecule has 25 heavy (non-hydrogen) atoms. The summed E-state index contributed by atoms with van der Waals surface area (Å²) in [7, 11) is 0. The van der Waals surface area contributed by atoms with Crippen molar-refractivity contribution in [1.82, 2.24) is 14.9 Å². The van der Waals surface area contributed by atoms with Crippen LogP contribution in [0.5, 0.6) is 0 Å². The van der Waals surface area contributed by atoms with Crippen LogP contribution in [0.1, 0.15) is 32.6 Å². The molecule has 0 bridgehead atoms. The van der Waals surface area contributed by atoms with Crippen molar-refractivity contribution < 1.29 is 0 Å². The molecule has 1 unspecified atom stereocenters. The van der Waals surface area contributed by atoms with Crippen LogP contribution in [0.15, 0.2) is 24.3 Å². The van der Waals surface area contributed by atoms with Crippen molar-refractivity contribution in [3.63, 3.8) is 0 Å². The molecule has 5 heteroatoms. The molecule has 1 aromatic carbocycles. The van der Waals surface area contributed by atoms with Crippen LogP contribution in [0.2, 0.25) is 0 Å². The van der Waals surface area contributed by atoms with Crippen LogP contribution < -0.4 is 10.6 Å². The smallest absolute Gasteiger partial charge is 0.227 e. The SMILES string of the molecule is CC1CCN(CC2CCCN(c3nc(N)c4ccccc4n3)C2)CC1. The maximum Gasteiger partial charge on any atom is 0.227 e. The van der Waals surface area contributed by atoms with Gasteiger partial charge in [0.2, 0.25) is 5.95 Å². The maximum atomic E-state index is 6.17. The molecule has 0 saturated carbocycles. The zero-order valence-corrected chi connectivity index (χ0v) is 15.2. The Bertz CT molecular complexity index is 723. The first kappa shape index (κ1) is 16.6. The molecule has 5 nitrogen and oxygen atoms in total. The van der Waals surface area contributed by atoms with Crippen molar-refractivity contribution >= 4 is 22.7 Å². The monoisotopic (exact) mass is 339 g/mol. The van der Waals surface area contributed by atoms with Gasteiger partial charge in [0.15, 0.2) is 0 Å². The third kappa shape index (κ3) is 3.71. The van der Waals surface area contributed by atoms with Crippen LogP contribution in [-0.4, -0.2) is 47.6 Å². The van der Waals surface area contributed by atoms with Gasteiger partial charge in [-0.2, -0.15) is 4.98 Å². The number of nitrogen functional groups attached to an aromatic ring is 1. The molecule has 134 valence electrons. The molecule has 0 radical (unpaired) electrons. The van der Waals surface area contributed by atoms with E-state index in [1.165, 1.54) is 45.3 Å². The van der Waals surface area contributed by atoms with Crippen molar-refractivity contribution in [2.24, 2.45) is 11.8 Å². The second-order valence-corrected chi connectivity index (χ2v) is 7.86. The first-order chi connectivity index (χ1) is 12.2. The van der Waals surface area contributed by atoms with E-state index in [1.807, 2.05) is 24.3 Å². The number of piperidine rings is 2. The third-order valence-electron chi connectivity index (χ3n) is 5.82. The summed E-state index contributed by atoms with van der Waals surface area (Å²) in [6.45, 7) is 8.19. The van der Waals surface area contributed by atoms with Gasteiger partial charge in [0.05, 0.1) is 5.52 Å². The number of aromatic nitrogens is 2. The third-order valence-corrected chi connectivity index (χ3v) is 5.82. The van der Waals surface area contributed by atoms with Crippen LogP contribution in [0, 0.1) is 11.8 Å². The summed E-state index contributed by atoms with van der Waals surface area (Å²) in [5.74, 6) is 2.99. The number of nitrogens with zero attached hydrogens (tertiary/aromatic N) is 4. The molecule has 0 aliphatic carbocycles. The molecule has 0 spiro atoms. The minimum absolute atomic E-state index is 0.591. The Hall–Kier alpha value is -1.88. The average Bonchev–Trinajstić information content (AvgIpc) is 2.64. The number of likely N-dealkylation sites (tertiary alicyclic amines) is 1. The van der Waals surface area contributed by atoms with Crippen LogP contribution in [-0.2, 0) is 0 Å². The van der Waals surface area contributed by atoms with Gasteiger partial charge in [0.1, 0.15) is 5.82 Å². The molecule has 2 saturated heterocycles. The number of fused-ring (bicyclic) bond motifs is 1. The van der Waals surface area contributed by atoms with Gasteiger partial charge in [-0.3, -0.25) is 0 Å². The largest absolute Gasteiger partial charge is 0.383 e. The van der Waals surface area contributed by atoms with Crippen LogP contribution in [0.4, 0.5) is 11.8 Å². The average molecular weight is 339 g/mol. The second kappa shape index (κ2) is 7.16. The first-order valence-electron chi connectivity index (χ1n) is 9.68. The van der Waals surface area contributed by atoms with Crippen molar-refractivity contribution in [2.75, 3.05) is 43.4 Å². The predicted octanol–water partition coefficient (Wildman–Crippen LogP) is 3.16. The lowest BCUT2D eigenvalue weighted by Gasteiger charge is -2.38. The highest BCUT2D eigenvalue weighted by atomic mass is 15.3. The molecule has 0 amide bonds. The van der Waals surface area contributed by atoms with Crippen molar-refractivity contribution in [3.05, 3.63) is 24.3 Å². The summed E-state index contributed by atoms with van der Waals surface area (Å²) in [4.78, 5) is 14.4. The Morgan fingerprint density at radius 2 is 1.88 bits per heavy atom. The molecule has 1 atom stereocenters. The van der Waals surface area contributed by atoms with Crippen molar-refractivity contribution in [3.8, 4) is 0 Å². The summed E-state index contributed by atoms with van der Waals surface area (Å²) >= 11 is 0. The number of anilines is 2. The standard InChI is InChI=1S/C20H29N5/c1-15-8-11-24(12-9-15)13-16-5-4-10-25(14-16)20-22-18-7-3-2-6-17(18)19(21)23-20/h2-3,6-7,15-16H,4-5,8-14H2,1H3,(H2,21,22,23). The Labute approximate surface area is 150 Å². The van der Waals surface area contributed by atoms with Gasteiger partial charge >= 0.3 is 0 Å². The number of rotatable bonds is 3. The van der Waals surface area contributed by atoms with E-state index in [9.17, 15) is 0 Å². The molecular formula is C20H29N5. The van der Waals surface area contributed by atoms with E-state index in [1.54, 1.807) is 0 Å². The summed E-state index contributed by atoms with van der Waals surface area (Å²) in [6, 6.07) is 8.01. The van der Waals surface area contributed by atoms with Gasteiger partial charge < -0.3 is 15.5 Å². The van der Waals surface area contributed by atoms with E-state index in [4.69, 9.17) is 10.7 Å². The quantitative estimate of drug-likeness (QED) is 0.931. The summed E-state index contributed by atoms with van der Waals surface area (Å²) < 4.78 is 0. The zero-order chi connectivity index (χ0) is 17.2. The van der Waals surface area contributed by atoms with Crippen molar-refractivity contribution in [1.29, 1.82) is 0 Å². The number of hydrogen-bond acceptors (Lipinski definition) is 5. The highest BCUT2D eigenvalue weighted by Crippen LogP contribution is 2.26. The van der Waals surface area contributed by atoms with E-state index < -0.39 is 0 Å². The minimum atomic E-state index is 0.591. The fourth-order valence-electron chi connectivity index (χ4n) is 4.24. The molecule has 2 aliphatic heterocycles. The zero-order valence-electron chi connectivity index (χ0n) is 15.2. The van der Waals surface area contributed by atoms with E-state index in [-0.39, 0.29) is 0 Å². The fourth-order valence-corrected chi connectivity index (χ4v) is 4.24. The Morgan fingerprint density at radius 1 is 1.08 bits per heavy atom. The summed E-state index contributed by atoms with van der Waals surface area (Å²) in [6.07, 6.45) is 5.22. The Kier molecular flexibility index (Phi) is 4.75. The van der Waals surface area contributed by atoms with E-state index in [2.05, 4.69) is 21.7 Å². The van der Waals surface area contributed by atoms with Gasteiger partial charge in [-0.05, 0) is 62.7 Å². The van der Waals surface area contributed by atoms with Gasteiger partial charge in [-0.1, -0.05) is 19.1 Å². The summed E-state index contributed by atoms with van der Waals surface area (Å²) in [5, 5.41) is 0.947. The Balaban J connectivity index is 1.46. The topological polar surface area (TPSA) is 58.3 Å². The van der Waals surface area contributed by atoms with Gasteiger partial charge in [-0.25, -0.2) is 4.98 Å². The van der Waals surface area contributed by atoms with Gasteiger partial charge in [-0.15, -0.1) is 0 Å². The first-order valence-corrected chi connectivity index (χ1v) is 9.68. The number of hydrogen-bond donors (Lipinski definition) is 1. The molecule has 2 fully saturated rings. The van der Waals surface area contributed by atoms with Gasteiger partial charge in [0, 0.05) is 25.0 Å². The molecule has 2 N–H and O–H groups in total.